The Morgan fingerprint density at radius 2 is 1.94 bits per heavy atom. The van der Waals surface area contributed by atoms with Crippen molar-refractivity contribution < 1.29 is 4.74 Å². The molecule has 1 rings (SSSR count). The molecule has 0 spiro atoms. The summed E-state index contributed by atoms with van der Waals surface area (Å²) >= 11 is 0. The number of methoxy groups -OCH3 is 1. The van der Waals surface area contributed by atoms with Crippen LogP contribution in [0.2, 0.25) is 0 Å². The van der Waals surface area contributed by atoms with Crippen LogP contribution in [0.3, 0.4) is 0 Å². The van der Waals surface area contributed by atoms with Gasteiger partial charge in [-0.1, -0.05) is 20.8 Å². The molecule has 0 heterocycles. The number of hydrogen-bond donors (Lipinski definition) is 1. The maximum Gasteiger partial charge on any atom is 0.0618 e. The monoisotopic (exact) mass is 227 g/mol. The van der Waals surface area contributed by atoms with E-state index in [9.17, 15) is 0 Å². The summed E-state index contributed by atoms with van der Waals surface area (Å²) in [5.74, 6) is 0.819. The van der Waals surface area contributed by atoms with E-state index in [2.05, 4.69) is 26.1 Å². The van der Waals surface area contributed by atoms with Gasteiger partial charge in [0.25, 0.3) is 0 Å². The molecule has 0 amide bonds. The van der Waals surface area contributed by atoms with Crippen LogP contribution < -0.4 is 5.32 Å². The third kappa shape index (κ3) is 4.42. The van der Waals surface area contributed by atoms with Crippen LogP contribution in [-0.4, -0.2) is 26.3 Å². The second-order valence-electron chi connectivity index (χ2n) is 6.02. The maximum absolute atomic E-state index is 5.34. The van der Waals surface area contributed by atoms with Crippen molar-refractivity contribution in [3.63, 3.8) is 0 Å². The summed E-state index contributed by atoms with van der Waals surface area (Å²) in [6.45, 7) is 9.00. The fourth-order valence-electron chi connectivity index (χ4n) is 2.69. The van der Waals surface area contributed by atoms with Gasteiger partial charge >= 0.3 is 0 Å². The van der Waals surface area contributed by atoms with Crippen LogP contribution in [0.15, 0.2) is 0 Å². The molecule has 2 nitrogen and oxygen atoms in total. The molecule has 0 aliphatic heterocycles. The Hall–Kier alpha value is -0.0800. The maximum atomic E-state index is 5.34. The summed E-state index contributed by atoms with van der Waals surface area (Å²) in [5, 5.41) is 3.64. The fraction of sp³-hybridized carbons (Fsp3) is 1.00. The third-order valence-electron chi connectivity index (χ3n) is 3.96. The molecule has 1 N–H and O–H groups in total. The van der Waals surface area contributed by atoms with Gasteiger partial charge in [0.1, 0.15) is 0 Å². The molecule has 1 aliphatic carbocycles. The predicted molar refractivity (Wildman–Crippen MR) is 69.7 cm³/mol. The van der Waals surface area contributed by atoms with Gasteiger partial charge in [0.2, 0.25) is 0 Å². The lowest BCUT2D eigenvalue weighted by molar-refractivity contribution is 0.0997. The molecule has 0 aromatic carbocycles. The van der Waals surface area contributed by atoms with Gasteiger partial charge in [0.15, 0.2) is 0 Å². The minimum absolute atomic E-state index is 0.568. The van der Waals surface area contributed by atoms with E-state index >= 15 is 0 Å². The summed E-state index contributed by atoms with van der Waals surface area (Å²) in [5.41, 5.74) is 0.568. The van der Waals surface area contributed by atoms with Crippen molar-refractivity contribution >= 4 is 0 Å². The first-order valence-corrected chi connectivity index (χ1v) is 6.81. The molecule has 1 aliphatic rings. The second kappa shape index (κ2) is 6.61. The van der Waals surface area contributed by atoms with E-state index in [4.69, 9.17) is 4.74 Å². The second-order valence-corrected chi connectivity index (χ2v) is 6.02. The Balaban J connectivity index is 2.39. The van der Waals surface area contributed by atoms with Crippen molar-refractivity contribution in [2.24, 2.45) is 11.3 Å². The minimum Gasteiger partial charge on any atom is -0.383 e. The fourth-order valence-corrected chi connectivity index (χ4v) is 2.69. The van der Waals surface area contributed by atoms with Crippen molar-refractivity contribution in [2.75, 3.05) is 20.3 Å². The van der Waals surface area contributed by atoms with Crippen LogP contribution >= 0.6 is 0 Å². The van der Waals surface area contributed by atoms with Gasteiger partial charge in [-0.3, -0.25) is 0 Å². The number of ether oxygens (including phenoxy) is 1. The average Bonchev–Trinajstić information content (AvgIpc) is 2.25. The lowest BCUT2D eigenvalue weighted by atomic mass is 9.71. The zero-order chi connectivity index (χ0) is 12.0. The molecular weight excluding hydrogens is 198 g/mol. The Labute approximate surface area is 101 Å². The van der Waals surface area contributed by atoms with E-state index in [1.54, 1.807) is 0 Å². The van der Waals surface area contributed by atoms with Gasteiger partial charge < -0.3 is 10.1 Å². The van der Waals surface area contributed by atoms with Crippen LogP contribution in [0.5, 0.6) is 0 Å². The average molecular weight is 227 g/mol. The molecule has 16 heavy (non-hydrogen) atoms. The first-order chi connectivity index (χ1) is 7.59. The Morgan fingerprint density at radius 1 is 1.31 bits per heavy atom. The van der Waals surface area contributed by atoms with Gasteiger partial charge in [-0.15, -0.1) is 0 Å². The molecule has 1 fully saturated rings. The van der Waals surface area contributed by atoms with E-state index in [1.165, 1.54) is 32.1 Å². The van der Waals surface area contributed by atoms with Gasteiger partial charge in [-0.25, -0.2) is 0 Å². The van der Waals surface area contributed by atoms with Crippen LogP contribution in [0.1, 0.15) is 52.9 Å². The zero-order valence-electron chi connectivity index (χ0n) is 11.5. The van der Waals surface area contributed by atoms with Crippen LogP contribution in [-0.2, 0) is 4.74 Å². The normalized spacial score (nSPS) is 23.2. The molecule has 0 aromatic rings. The molecule has 0 aromatic heterocycles. The van der Waals surface area contributed by atoms with Crippen molar-refractivity contribution in [3.05, 3.63) is 0 Å². The summed E-state index contributed by atoms with van der Waals surface area (Å²) in [7, 11) is 1.81. The molecule has 0 saturated heterocycles. The van der Waals surface area contributed by atoms with Gasteiger partial charge in [0, 0.05) is 13.2 Å². The summed E-state index contributed by atoms with van der Waals surface area (Å²) in [6.07, 6.45) is 6.66. The molecule has 96 valence electrons. The zero-order valence-corrected chi connectivity index (χ0v) is 11.5. The summed E-state index contributed by atoms with van der Waals surface area (Å²) in [6, 6.07) is 0.570. The lowest BCUT2D eigenvalue weighted by Crippen LogP contribution is -2.42. The first kappa shape index (κ1) is 14.0. The van der Waals surface area contributed by atoms with Crippen LogP contribution in [0.4, 0.5) is 0 Å². The van der Waals surface area contributed by atoms with E-state index in [1.807, 2.05) is 7.11 Å². The van der Waals surface area contributed by atoms with Crippen molar-refractivity contribution in [2.45, 2.75) is 58.9 Å². The molecule has 2 heteroatoms. The highest BCUT2D eigenvalue weighted by molar-refractivity contribution is 4.85. The molecule has 1 unspecified atom stereocenters. The van der Waals surface area contributed by atoms with Crippen LogP contribution in [0, 0.1) is 11.3 Å². The Bertz CT molecular complexity index is 181. The van der Waals surface area contributed by atoms with Crippen molar-refractivity contribution in [1.29, 1.82) is 0 Å². The number of rotatable bonds is 6. The van der Waals surface area contributed by atoms with E-state index in [-0.39, 0.29) is 0 Å². The van der Waals surface area contributed by atoms with E-state index < -0.39 is 0 Å². The van der Waals surface area contributed by atoms with Gasteiger partial charge in [0.05, 0.1) is 6.61 Å². The lowest BCUT2D eigenvalue weighted by Gasteiger charge is -2.38. The minimum atomic E-state index is 0.568. The smallest absolute Gasteiger partial charge is 0.0618 e. The SMILES string of the molecule is CCCNC(COC)C1CCC(C)(C)CC1. The highest BCUT2D eigenvalue weighted by atomic mass is 16.5. The number of hydrogen-bond acceptors (Lipinski definition) is 2. The quantitative estimate of drug-likeness (QED) is 0.752. The van der Waals surface area contributed by atoms with Gasteiger partial charge in [-0.05, 0) is 50.0 Å². The molecule has 0 bridgehead atoms. The third-order valence-corrected chi connectivity index (χ3v) is 3.96. The number of nitrogens with one attached hydrogen (secondary N) is 1. The van der Waals surface area contributed by atoms with Gasteiger partial charge in [-0.2, -0.15) is 0 Å². The molecular formula is C14H29NO. The topological polar surface area (TPSA) is 21.3 Å². The first-order valence-electron chi connectivity index (χ1n) is 6.81. The van der Waals surface area contributed by atoms with Crippen molar-refractivity contribution in [3.8, 4) is 0 Å². The van der Waals surface area contributed by atoms with Crippen molar-refractivity contribution in [1.82, 2.24) is 5.32 Å². The predicted octanol–water partition coefficient (Wildman–Crippen LogP) is 3.22. The highest BCUT2D eigenvalue weighted by Gasteiger charge is 2.30. The van der Waals surface area contributed by atoms with Crippen LogP contribution in [0.25, 0.3) is 0 Å². The Kier molecular flexibility index (Phi) is 5.77. The summed E-state index contributed by atoms with van der Waals surface area (Å²) in [4.78, 5) is 0. The Morgan fingerprint density at radius 3 is 2.44 bits per heavy atom. The molecule has 0 radical (unpaired) electrons. The standard InChI is InChI=1S/C14H29NO/c1-5-10-15-13(11-16-4)12-6-8-14(2,3)9-7-12/h12-13,15H,5-11H2,1-4H3. The highest BCUT2D eigenvalue weighted by Crippen LogP contribution is 2.39. The molecule has 1 atom stereocenters. The molecule has 1 saturated carbocycles. The largest absolute Gasteiger partial charge is 0.383 e. The summed E-state index contributed by atoms with van der Waals surface area (Å²) < 4.78 is 5.34. The van der Waals surface area contributed by atoms with E-state index in [0.717, 1.165) is 19.1 Å². The van der Waals surface area contributed by atoms with E-state index in [0.29, 0.717) is 11.5 Å².